The van der Waals surface area contributed by atoms with E-state index in [2.05, 4.69) is 99.4 Å². The fourth-order valence-corrected chi connectivity index (χ4v) is 6.21. The van der Waals surface area contributed by atoms with Crippen LogP contribution in [0.5, 0.6) is 0 Å². The van der Waals surface area contributed by atoms with Crippen molar-refractivity contribution in [1.82, 2.24) is 0 Å². The molecule has 0 aromatic rings. The first kappa shape index (κ1) is 60.3. The Kier molecular flexibility index (Phi) is 46.7. The van der Waals surface area contributed by atoms with Crippen LogP contribution in [0.2, 0.25) is 0 Å². The number of esters is 4. The number of carbonyl (C=O) groups is 4. The predicted molar refractivity (Wildman–Crippen MR) is 270 cm³/mol. The molecule has 8 heteroatoms. The van der Waals surface area contributed by atoms with Gasteiger partial charge in [0.2, 0.25) is 0 Å². The minimum absolute atomic E-state index is 0.107. The molecule has 0 saturated carbocycles. The summed E-state index contributed by atoms with van der Waals surface area (Å²) in [5.74, 6) is -1.58. The molecule has 0 rings (SSSR count). The summed E-state index contributed by atoms with van der Waals surface area (Å²) >= 11 is 0. The van der Waals surface area contributed by atoms with Crippen LogP contribution >= 0.6 is 0 Å². The molecule has 0 aliphatic heterocycles. The Hall–Kier alpha value is -4.68. The van der Waals surface area contributed by atoms with Gasteiger partial charge in [-0.1, -0.05) is 163 Å². The molecule has 0 aromatic heterocycles. The van der Waals surface area contributed by atoms with Crippen molar-refractivity contribution < 1.29 is 38.1 Å². The van der Waals surface area contributed by atoms with Gasteiger partial charge in [-0.15, -0.1) is 5.73 Å². The minimum Gasteiger partial charge on any atom is -0.462 e. The Morgan fingerprint density at radius 3 is 1.45 bits per heavy atom. The summed E-state index contributed by atoms with van der Waals surface area (Å²) in [4.78, 5) is 49.7. The van der Waals surface area contributed by atoms with Gasteiger partial charge in [0.15, 0.2) is 6.10 Å². The zero-order valence-electron chi connectivity index (χ0n) is 40.9. The lowest BCUT2D eigenvalue weighted by Gasteiger charge is -2.18. The van der Waals surface area contributed by atoms with Crippen LogP contribution in [0.4, 0.5) is 0 Å². The molecule has 0 N–H and O–H groups in total. The molecular formula is C57H88O8. The second-order valence-electron chi connectivity index (χ2n) is 16.1. The van der Waals surface area contributed by atoms with Crippen LogP contribution in [0.25, 0.3) is 0 Å². The van der Waals surface area contributed by atoms with Crippen molar-refractivity contribution in [1.29, 1.82) is 0 Å². The second kappa shape index (κ2) is 50.3. The average Bonchev–Trinajstić information content (AvgIpc) is 3.30. The quantitative estimate of drug-likeness (QED) is 0.0113. The van der Waals surface area contributed by atoms with E-state index in [0.29, 0.717) is 25.7 Å². The van der Waals surface area contributed by atoms with E-state index in [1.807, 2.05) is 12.2 Å². The molecular weight excluding hydrogens is 813 g/mol. The van der Waals surface area contributed by atoms with Gasteiger partial charge in [0.05, 0.1) is 0 Å². The molecule has 0 amide bonds. The number of carbonyl (C=O) groups excluding carboxylic acids is 4. The van der Waals surface area contributed by atoms with Gasteiger partial charge in [-0.2, -0.15) is 0 Å². The largest absolute Gasteiger partial charge is 0.462 e. The van der Waals surface area contributed by atoms with Crippen LogP contribution in [0.3, 0.4) is 0 Å². The molecule has 0 aliphatic carbocycles. The Bertz CT molecular complexity index is 1480. The SMILES string of the molecule is CC/C=C\C/C=C\C/C=C\CCCCCCCC(=O)OCC(COC(=O)CCCC=C=CCOC(=O)/C=C/C=C\CCCCC)OC(=O)CCCCCCC/C=C\C/C=C\C/C=C\CC. The number of unbranched alkanes of at least 4 members (excludes halogenated alkanes) is 14. The van der Waals surface area contributed by atoms with Gasteiger partial charge in [-0.3, -0.25) is 14.4 Å². The first-order valence-corrected chi connectivity index (χ1v) is 25.2. The van der Waals surface area contributed by atoms with Gasteiger partial charge >= 0.3 is 23.9 Å². The Morgan fingerprint density at radius 2 is 0.892 bits per heavy atom. The number of hydrogen-bond donors (Lipinski definition) is 0. The van der Waals surface area contributed by atoms with Crippen molar-refractivity contribution in [3.8, 4) is 0 Å². The van der Waals surface area contributed by atoms with Gasteiger partial charge in [0.1, 0.15) is 19.8 Å². The summed E-state index contributed by atoms with van der Waals surface area (Å²) in [7, 11) is 0. The number of hydrogen-bond acceptors (Lipinski definition) is 8. The summed E-state index contributed by atoms with van der Waals surface area (Å²) < 4.78 is 21.7. The van der Waals surface area contributed by atoms with Gasteiger partial charge in [0.25, 0.3) is 0 Å². The fraction of sp³-hybridized carbons (Fsp3) is 0.596. The molecule has 0 radical (unpaired) electrons. The number of rotatable bonds is 43. The van der Waals surface area contributed by atoms with Crippen LogP contribution in [0, 0.1) is 0 Å². The van der Waals surface area contributed by atoms with Gasteiger partial charge in [-0.25, -0.2) is 4.79 Å². The van der Waals surface area contributed by atoms with E-state index in [1.54, 1.807) is 18.2 Å². The van der Waals surface area contributed by atoms with Crippen molar-refractivity contribution in [2.75, 3.05) is 19.8 Å². The molecule has 1 atom stereocenters. The van der Waals surface area contributed by atoms with E-state index in [-0.39, 0.29) is 44.6 Å². The number of ether oxygens (including phenoxy) is 4. The molecule has 65 heavy (non-hydrogen) atoms. The Balaban J connectivity index is 4.63. The summed E-state index contributed by atoms with van der Waals surface area (Å²) in [5, 5.41) is 0. The van der Waals surface area contributed by atoms with Crippen LogP contribution in [-0.2, 0) is 38.1 Å². The van der Waals surface area contributed by atoms with Crippen LogP contribution < -0.4 is 0 Å². The summed E-state index contributed by atoms with van der Waals surface area (Å²) in [5.41, 5.74) is 2.96. The summed E-state index contributed by atoms with van der Waals surface area (Å²) in [6, 6.07) is 0. The average molecular weight is 901 g/mol. The maximum absolute atomic E-state index is 12.8. The van der Waals surface area contributed by atoms with Crippen LogP contribution in [-0.4, -0.2) is 49.8 Å². The third kappa shape index (κ3) is 48.6. The highest BCUT2D eigenvalue weighted by atomic mass is 16.6. The first-order chi connectivity index (χ1) is 31.9. The first-order valence-electron chi connectivity index (χ1n) is 25.2. The van der Waals surface area contributed by atoms with E-state index in [4.69, 9.17) is 18.9 Å². The normalized spacial score (nSPS) is 12.5. The van der Waals surface area contributed by atoms with E-state index < -0.39 is 18.0 Å². The zero-order valence-corrected chi connectivity index (χ0v) is 40.9. The maximum Gasteiger partial charge on any atom is 0.331 e. The highest BCUT2D eigenvalue weighted by molar-refractivity contribution is 5.82. The highest BCUT2D eigenvalue weighted by Gasteiger charge is 2.19. The third-order valence-electron chi connectivity index (χ3n) is 9.95. The molecule has 0 spiro atoms. The van der Waals surface area contributed by atoms with E-state index in [9.17, 15) is 19.2 Å². The molecule has 8 nitrogen and oxygen atoms in total. The zero-order chi connectivity index (χ0) is 47.4. The Morgan fingerprint density at radius 1 is 0.431 bits per heavy atom. The molecule has 0 heterocycles. The molecule has 364 valence electrons. The minimum atomic E-state index is -0.867. The van der Waals surface area contributed by atoms with Crippen molar-refractivity contribution in [3.63, 3.8) is 0 Å². The second-order valence-corrected chi connectivity index (χ2v) is 16.1. The fourth-order valence-electron chi connectivity index (χ4n) is 6.21. The molecule has 0 fully saturated rings. The molecule has 0 aliphatic rings. The van der Waals surface area contributed by atoms with Crippen molar-refractivity contribution in [3.05, 3.63) is 115 Å². The maximum atomic E-state index is 12.8. The van der Waals surface area contributed by atoms with E-state index in [1.165, 1.54) is 18.9 Å². The molecule has 0 aromatic carbocycles. The monoisotopic (exact) mass is 901 g/mol. The van der Waals surface area contributed by atoms with Gasteiger partial charge in [0, 0.05) is 25.3 Å². The van der Waals surface area contributed by atoms with Crippen molar-refractivity contribution in [2.24, 2.45) is 0 Å². The van der Waals surface area contributed by atoms with E-state index in [0.717, 1.165) is 122 Å². The smallest absolute Gasteiger partial charge is 0.331 e. The van der Waals surface area contributed by atoms with Crippen molar-refractivity contribution >= 4 is 23.9 Å². The van der Waals surface area contributed by atoms with Crippen molar-refractivity contribution in [2.45, 2.75) is 200 Å². The standard InChI is InChI=1S/C57H88O8/c1-4-7-10-13-16-18-20-22-24-26-28-30-33-37-42-47-55(59)63-51-53(65-57(61)49-44-38-34-31-29-27-25-23-21-19-17-14-11-8-5-2)52-64-56(60)48-43-39-35-40-45-50-62-54(58)46-41-36-32-15-12-9-6-3/h7-8,10-11,16-19,22-25,32,35-36,41,45-46,53H,4-6,9,12-15,20-21,26-31,33-34,37-39,42-44,47-52H2,1-3H3/b10-7-,11-8-,18-16-,19-17-,24-22-,25-23-,36-32-,46-41+. The highest BCUT2D eigenvalue weighted by Crippen LogP contribution is 2.12. The summed E-state index contributed by atoms with van der Waals surface area (Å²) in [6.45, 7) is 6.22. The lowest BCUT2D eigenvalue weighted by atomic mass is 10.1. The van der Waals surface area contributed by atoms with Crippen LogP contribution in [0.15, 0.2) is 115 Å². The molecule has 0 bridgehead atoms. The van der Waals surface area contributed by atoms with Gasteiger partial charge in [-0.05, 0) is 115 Å². The number of allylic oxidation sites excluding steroid dienone is 15. The van der Waals surface area contributed by atoms with E-state index >= 15 is 0 Å². The predicted octanol–water partition coefficient (Wildman–Crippen LogP) is 15.3. The topological polar surface area (TPSA) is 105 Å². The Labute approximate surface area is 395 Å². The lowest BCUT2D eigenvalue weighted by molar-refractivity contribution is -0.167. The van der Waals surface area contributed by atoms with Gasteiger partial charge < -0.3 is 18.9 Å². The summed E-state index contributed by atoms with van der Waals surface area (Å²) in [6.07, 6.45) is 60.4. The van der Waals surface area contributed by atoms with Crippen LogP contribution in [0.1, 0.15) is 194 Å². The third-order valence-corrected chi connectivity index (χ3v) is 9.95. The molecule has 0 saturated heterocycles. The molecule has 1 unspecified atom stereocenters. The lowest BCUT2D eigenvalue weighted by Crippen LogP contribution is -2.30.